The molecule has 0 saturated carbocycles. The molecule has 3 aromatic rings. The number of anilines is 1. The quantitative estimate of drug-likeness (QED) is 0.536. The van der Waals surface area contributed by atoms with Crippen LogP contribution >= 0.6 is 0 Å². The van der Waals surface area contributed by atoms with E-state index in [1.54, 1.807) is 18.2 Å². The Morgan fingerprint density at radius 2 is 1.74 bits per heavy atom. The molecule has 1 aromatic heterocycles. The largest absolute Gasteiger partial charge is 0.508 e. The number of pyridine rings is 1. The highest BCUT2D eigenvalue weighted by atomic mass is 16.3. The Labute approximate surface area is 158 Å². The Hall–Kier alpha value is -3.14. The Morgan fingerprint density at radius 3 is 2.52 bits per heavy atom. The minimum absolute atomic E-state index is 0.0900. The first kappa shape index (κ1) is 17.3. The lowest BCUT2D eigenvalue weighted by Gasteiger charge is -2.29. The Bertz CT molecular complexity index is 987. The number of nitrogens with zero attached hydrogens (tertiary/aromatic N) is 2. The number of carbonyl (C=O) groups excluding carboxylic acids is 1. The van der Waals surface area contributed by atoms with Crippen molar-refractivity contribution in [1.82, 2.24) is 4.98 Å². The van der Waals surface area contributed by atoms with Gasteiger partial charge in [-0.1, -0.05) is 18.2 Å². The molecule has 4 nitrogen and oxygen atoms in total. The van der Waals surface area contributed by atoms with Crippen LogP contribution in [0.2, 0.25) is 0 Å². The van der Waals surface area contributed by atoms with E-state index >= 15 is 0 Å². The first-order chi connectivity index (χ1) is 13.2. The van der Waals surface area contributed by atoms with Crippen molar-refractivity contribution in [2.45, 2.75) is 19.3 Å². The Morgan fingerprint density at radius 1 is 1.00 bits per heavy atom. The Kier molecular flexibility index (Phi) is 4.88. The second-order valence-electron chi connectivity index (χ2n) is 6.89. The number of benzene rings is 2. The molecule has 1 fully saturated rings. The lowest BCUT2D eigenvalue weighted by molar-refractivity contribution is 0.104. The van der Waals surface area contributed by atoms with Gasteiger partial charge in [-0.25, -0.2) is 4.98 Å². The minimum atomic E-state index is -0.0900. The van der Waals surface area contributed by atoms with E-state index in [1.165, 1.54) is 31.4 Å². The summed E-state index contributed by atoms with van der Waals surface area (Å²) in [6.45, 7) is 2.00. The molecule has 4 heteroatoms. The first-order valence-electron chi connectivity index (χ1n) is 9.37. The second kappa shape index (κ2) is 7.62. The van der Waals surface area contributed by atoms with Gasteiger partial charge >= 0.3 is 0 Å². The third-order valence-corrected chi connectivity index (χ3v) is 4.95. The minimum Gasteiger partial charge on any atom is -0.508 e. The average molecular weight is 358 g/mol. The topological polar surface area (TPSA) is 53.4 Å². The average Bonchev–Trinajstić information content (AvgIpc) is 2.72. The lowest BCUT2D eigenvalue weighted by atomic mass is 10.1. The molecule has 0 atom stereocenters. The molecular formula is C23H22N2O2. The monoisotopic (exact) mass is 358 g/mol. The van der Waals surface area contributed by atoms with Crippen LogP contribution in [-0.4, -0.2) is 29.0 Å². The summed E-state index contributed by atoms with van der Waals surface area (Å²) in [4.78, 5) is 19.7. The molecule has 136 valence electrons. The van der Waals surface area contributed by atoms with E-state index in [4.69, 9.17) is 4.98 Å². The predicted molar refractivity (Wildman–Crippen MR) is 109 cm³/mol. The van der Waals surface area contributed by atoms with Gasteiger partial charge in [0, 0.05) is 29.6 Å². The number of hydrogen-bond donors (Lipinski definition) is 1. The number of aromatic hydroxyl groups is 1. The molecule has 0 spiro atoms. The third kappa shape index (κ3) is 3.85. The summed E-state index contributed by atoms with van der Waals surface area (Å²) in [7, 11) is 0. The van der Waals surface area contributed by atoms with E-state index in [0.29, 0.717) is 5.56 Å². The molecule has 0 radical (unpaired) electrons. The van der Waals surface area contributed by atoms with Gasteiger partial charge in [-0.3, -0.25) is 4.79 Å². The number of piperidine rings is 1. The van der Waals surface area contributed by atoms with Crippen molar-refractivity contribution in [1.29, 1.82) is 0 Å². The zero-order chi connectivity index (χ0) is 18.6. The van der Waals surface area contributed by atoms with Gasteiger partial charge in [-0.05, 0) is 67.8 Å². The zero-order valence-electron chi connectivity index (χ0n) is 15.1. The fourth-order valence-corrected chi connectivity index (χ4v) is 3.49. The molecule has 4 rings (SSSR count). The number of aromatic nitrogens is 1. The molecule has 27 heavy (non-hydrogen) atoms. The summed E-state index contributed by atoms with van der Waals surface area (Å²) in [5.74, 6) is 1.01. The van der Waals surface area contributed by atoms with Crippen molar-refractivity contribution < 1.29 is 9.90 Å². The zero-order valence-corrected chi connectivity index (χ0v) is 15.1. The molecule has 1 N–H and O–H groups in total. The first-order valence-corrected chi connectivity index (χ1v) is 9.37. The normalized spacial score (nSPS) is 14.7. The van der Waals surface area contributed by atoms with Gasteiger partial charge in [0.05, 0.1) is 5.52 Å². The number of allylic oxidation sites excluding steroid dienone is 1. The van der Waals surface area contributed by atoms with Crippen molar-refractivity contribution in [3.8, 4) is 5.75 Å². The van der Waals surface area contributed by atoms with Gasteiger partial charge in [0.15, 0.2) is 5.78 Å². The van der Waals surface area contributed by atoms with Gasteiger partial charge in [-0.2, -0.15) is 0 Å². The molecule has 2 aromatic carbocycles. The van der Waals surface area contributed by atoms with E-state index in [1.807, 2.05) is 30.3 Å². The van der Waals surface area contributed by atoms with E-state index in [2.05, 4.69) is 11.0 Å². The van der Waals surface area contributed by atoms with Crippen LogP contribution in [0.3, 0.4) is 0 Å². The van der Waals surface area contributed by atoms with Crippen LogP contribution in [0.1, 0.15) is 35.2 Å². The summed E-state index contributed by atoms with van der Waals surface area (Å²) < 4.78 is 0. The van der Waals surface area contributed by atoms with Gasteiger partial charge in [0.1, 0.15) is 11.6 Å². The number of carbonyl (C=O) groups is 1. The number of phenols is 1. The highest BCUT2D eigenvalue weighted by Crippen LogP contribution is 2.27. The Balaban J connectivity index is 1.70. The summed E-state index contributed by atoms with van der Waals surface area (Å²) >= 11 is 0. The molecule has 1 aliphatic rings. The highest BCUT2D eigenvalue weighted by Gasteiger charge is 2.16. The number of hydrogen-bond acceptors (Lipinski definition) is 4. The highest BCUT2D eigenvalue weighted by molar-refractivity contribution is 6.07. The maximum Gasteiger partial charge on any atom is 0.185 e. The standard InChI is InChI=1S/C23H22N2O2/c26-20-11-8-17(9-12-20)22(27)13-10-19-16-18-6-2-3-7-21(18)24-23(19)25-14-4-1-5-15-25/h2-3,6-13,16,26H,1,4-5,14-15H2/b13-10+. The van der Waals surface area contributed by atoms with Crippen LogP contribution in [-0.2, 0) is 0 Å². The van der Waals surface area contributed by atoms with Crippen molar-refractivity contribution in [2.75, 3.05) is 18.0 Å². The lowest BCUT2D eigenvalue weighted by Crippen LogP contribution is -2.30. The van der Waals surface area contributed by atoms with Crippen LogP contribution in [0.15, 0.2) is 60.7 Å². The van der Waals surface area contributed by atoms with Crippen molar-refractivity contribution in [3.63, 3.8) is 0 Å². The summed E-state index contributed by atoms with van der Waals surface area (Å²) in [5, 5.41) is 10.4. The summed E-state index contributed by atoms with van der Waals surface area (Å²) in [5.41, 5.74) is 2.49. The molecule has 0 amide bonds. The number of fused-ring (bicyclic) bond motifs is 1. The molecule has 0 aliphatic carbocycles. The van der Waals surface area contributed by atoms with Gasteiger partial charge < -0.3 is 10.0 Å². The summed E-state index contributed by atoms with van der Waals surface area (Å²) in [6, 6.07) is 16.5. The van der Waals surface area contributed by atoms with Crippen molar-refractivity contribution >= 4 is 28.6 Å². The number of rotatable bonds is 4. The van der Waals surface area contributed by atoms with E-state index < -0.39 is 0 Å². The molecule has 2 heterocycles. The number of ketones is 1. The maximum atomic E-state index is 12.5. The van der Waals surface area contributed by atoms with E-state index in [9.17, 15) is 9.90 Å². The van der Waals surface area contributed by atoms with Crippen LogP contribution in [0.4, 0.5) is 5.82 Å². The van der Waals surface area contributed by atoms with Crippen LogP contribution in [0.5, 0.6) is 5.75 Å². The van der Waals surface area contributed by atoms with Gasteiger partial charge in [-0.15, -0.1) is 0 Å². The third-order valence-electron chi connectivity index (χ3n) is 4.95. The van der Waals surface area contributed by atoms with Crippen LogP contribution in [0, 0.1) is 0 Å². The fourth-order valence-electron chi connectivity index (χ4n) is 3.49. The molecule has 0 unspecified atom stereocenters. The van der Waals surface area contributed by atoms with E-state index in [0.717, 1.165) is 35.4 Å². The number of phenolic OH excluding ortho intramolecular Hbond substituents is 1. The van der Waals surface area contributed by atoms with E-state index in [-0.39, 0.29) is 11.5 Å². The molecule has 0 bridgehead atoms. The van der Waals surface area contributed by atoms with Crippen molar-refractivity contribution in [2.24, 2.45) is 0 Å². The second-order valence-corrected chi connectivity index (χ2v) is 6.89. The smallest absolute Gasteiger partial charge is 0.185 e. The van der Waals surface area contributed by atoms with Gasteiger partial charge in [0.2, 0.25) is 0 Å². The SMILES string of the molecule is O=C(/C=C/c1cc2ccccc2nc1N1CCCCC1)c1ccc(O)cc1. The van der Waals surface area contributed by atoms with Crippen LogP contribution < -0.4 is 4.90 Å². The number of para-hydroxylation sites is 1. The van der Waals surface area contributed by atoms with Crippen LogP contribution in [0.25, 0.3) is 17.0 Å². The maximum absolute atomic E-state index is 12.5. The molecule has 1 saturated heterocycles. The predicted octanol–water partition coefficient (Wildman–Crippen LogP) is 4.83. The molecule has 1 aliphatic heterocycles. The summed E-state index contributed by atoms with van der Waals surface area (Å²) in [6.07, 6.45) is 7.05. The van der Waals surface area contributed by atoms with Gasteiger partial charge in [0.25, 0.3) is 0 Å². The van der Waals surface area contributed by atoms with Crippen molar-refractivity contribution in [3.05, 3.63) is 71.8 Å². The fraction of sp³-hybridized carbons (Fsp3) is 0.217. The molecular weight excluding hydrogens is 336 g/mol.